The van der Waals surface area contributed by atoms with Gasteiger partial charge in [-0.1, -0.05) is 44.2 Å². The number of amides is 1. The lowest BCUT2D eigenvalue weighted by atomic mass is 10.0. The predicted octanol–water partition coefficient (Wildman–Crippen LogP) is 2.31. The van der Waals surface area contributed by atoms with Gasteiger partial charge in [0.25, 0.3) is 5.91 Å². The van der Waals surface area contributed by atoms with Crippen LogP contribution in [0.1, 0.15) is 38.7 Å². The van der Waals surface area contributed by atoms with Gasteiger partial charge in [0.2, 0.25) is 0 Å². The molecule has 0 aromatic heterocycles. The highest BCUT2D eigenvalue weighted by atomic mass is 16.5. The number of ether oxygens (including phenoxy) is 1. The van der Waals surface area contributed by atoms with Gasteiger partial charge in [0, 0.05) is 18.9 Å². The van der Waals surface area contributed by atoms with Crippen LogP contribution in [0.2, 0.25) is 0 Å². The summed E-state index contributed by atoms with van der Waals surface area (Å²) in [5.74, 6) is 0.662. The van der Waals surface area contributed by atoms with Gasteiger partial charge in [-0.05, 0) is 24.3 Å². The Kier molecular flexibility index (Phi) is 5.31. The molecule has 0 radical (unpaired) electrons. The molecule has 1 amide bonds. The molecule has 1 saturated carbocycles. The number of rotatable bonds is 6. The molecule has 0 unspecified atom stereocenters. The van der Waals surface area contributed by atoms with Crippen molar-refractivity contribution in [2.45, 2.75) is 51.9 Å². The monoisotopic (exact) mass is 330 g/mol. The molecule has 5 heteroatoms. The number of hydrogen-bond acceptors (Lipinski definition) is 4. The van der Waals surface area contributed by atoms with Crippen molar-refractivity contribution < 1.29 is 14.3 Å². The second kappa shape index (κ2) is 7.45. The van der Waals surface area contributed by atoms with Crippen LogP contribution in [0.3, 0.4) is 0 Å². The van der Waals surface area contributed by atoms with Crippen molar-refractivity contribution in [1.29, 1.82) is 0 Å². The van der Waals surface area contributed by atoms with Gasteiger partial charge in [0.05, 0.1) is 6.61 Å². The van der Waals surface area contributed by atoms with E-state index < -0.39 is 6.10 Å². The third-order valence-electron chi connectivity index (χ3n) is 4.83. The fourth-order valence-electron chi connectivity index (χ4n) is 3.59. The molecule has 0 spiro atoms. The third-order valence-corrected chi connectivity index (χ3v) is 4.83. The zero-order valence-electron chi connectivity index (χ0n) is 14.4. The number of hydrazine groups is 1. The van der Waals surface area contributed by atoms with Gasteiger partial charge in [0.1, 0.15) is 12.1 Å². The van der Waals surface area contributed by atoms with Gasteiger partial charge in [-0.15, -0.1) is 0 Å². The molecule has 130 valence electrons. The van der Waals surface area contributed by atoms with E-state index in [1.54, 1.807) is 5.01 Å². The Labute approximate surface area is 143 Å². The van der Waals surface area contributed by atoms with E-state index in [-0.39, 0.29) is 23.7 Å². The van der Waals surface area contributed by atoms with E-state index in [9.17, 15) is 9.59 Å². The molecular weight excluding hydrogens is 304 g/mol. The van der Waals surface area contributed by atoms with Crippen molar-refractivity contribution >= 4 is 11.7 Å². The van der Waals surface area contributed by atoms with Crippen molar-refractivity contribution in [1.82, 2.24) is 10.4 Å². The van der Waals surface area contributed by atoms with Crippen molar-refractivity contribution in [3.05, 3.63) is 35.9 Å². The van der Waals surface area contributed by atoms with E-state index in [4.69, 9.17) is 4.74 Å². The molecule has 3 atom stereocenters. The number of ketones is 1. The molecule has 3 rings (SSSR count). The molecule has 1 aliphatic heterocycles. The third kappa shape index (κ3) is 3.68. The minimum Gasteiger partial charge on any atom is -0.364 e. The zero-order chi connectivity index (χ0) is 17.1. The minimum atomic E-state index is -0.523. The van der Waals surface area contributed by atoms with Crippen LogP contribution in [-0.2, 0) is 20.9 Å². The number of hydrogen-bond donors (Lipinski definition) is 1. The second-order valence-electron chi connectivity index (χ2n) is 7.20. The standard InChI is InChI=1S/C19H26N2O3/c1-13(2)10-17(24-12-14-6-4-3-5-7-14)19(23)21-18-15(11-20-21)8-9-16(18)22/h3-7,13,15,17-18,20H,8-12H2,1-2H3/t15-,17+,18+/m1/s1. The van der Waals surface area contributed by atoms with Gasteiger partial charge in [0.15, 0.2) is 5.78 Å². The summed E-state index contributed by atoms with van der Waals surface area (Å²) >= 11 is 0. The molecule has 2 aliphatic rings. The SMILES string of the molecule is CC(C)C[C@H](OCc1ccccc1)C(=O)N1NC[C@H]2CCC(=O)[C@H]21. The van der Waals surface area contributed by atoms with Crippen molar-refractivity contribution in [2.75, 3.05) is 6.54 Å². The van der Waals surface area contributed by atoms with Crippen LogP contribution >= 0.6 is 0 Å². The first-order chi connectivity index (χ1) is 11.6. The van der Waals surface area contributed by atoms with Crippen LogP contribution in [0.15, 0.2) is 30.3 Å². The maximum atomic E-state index is 13.0. The highest BCUT2D eigenvalue weighted by molar-refractivity contribution is 5.92. The molecule has 1 heterocycles. The minimum absolute atomic E-state index is 0.109. The number of Topliss-reactive ketones (excluding diaryl/α,β-unsaturated/α-hetero) is 1. The molecule has 1 aromatic rings. The summed E-state index contributed by atoms with van der Waals surface area (Å²) in [7, 11) is 0. The molecule has 1 aromatic carbocycles. The largest absolute Gasteiger partial charge is 0.364 e. The number of nitrogens with one attached hydrogen (secondary N) is 1. The van der Waals surface area contributed by atoms with E-state index in [1.165, 1.54) is 0 Å². The lowest BCUT2D eigenvalue weighted by Gasteiger charge is -2.28. The Morgan fingerprint density at radius 2 is 2.08 bits per heavy atom. The summed E-state index contributed by atoms with van der Waals surface area (Å²) in [4.78, 5) is 25.1. The molecule has 0 bridgehead atoms. The molecule has 1 N–H and O–H groups in total. The van der Waals surface area contributed by atoms with E-state index in [2.05, 4.69) is 19.3 Å². The Morgan fingerprint density at radius 3 is 2.79 bits per heavy atom. The van der Waals surface area contributed by atoms with E-state index in [0.717, 1.165) is 12.0 Å². The zero-order valence-corrected chi connectivity index (χ0v) is 14.4. The Morgan fingerprint density at radius 1 is 1.33 bits per heavy atom. The maximum Gasteiger partial charge on any atom is 0.266 e. The van der Waals surface area contributed by atoms with Crippen molar-refractivity contribution in [2.24, 2.45) is 11.8 Å². The summed E-state index contributed by atoms with van der Waals surface area (Å²) < 4.78 is 5.95. The van der Waals surface area contributed by atoms with Crippen molar-refractivity contribution in [3.63, 3.8) is 0 Å². The van der Waals surface area contributed by atoms with E-state index >= 15 is 0 Å². The average Bonchev–Trinajstić information content (AvgIpc) is 3.15. The Balaban J connectivity index is 1.68. The fraction of sp³-hybridized carbons (Fsp3) is 0.579. The van der Waals surface area contributed by atoms with Crippen LogP contribution in [0, 0.1) is 11.8 Å². The number of carbonyl (C=O) groups is 2. The van der Waals surface area contributed by atoms with Crippen LogP contribution in [-0.4, -0.2) is 35.4 Å². The fourth-order valence-corrected chi connectivity index (χ4v) is 3.59. The second-order valence-corrected chi connectivity index (χ2v) is 7.20. The lowest BCUT2D eigenvalue weighted by molar-refractivity contribution is -0.152. The quantitative estimate of drug-likeness (QED) is 0.869. The number of nitrogens with zero attached hydrogens (tertiary/aromatic N) is 1. The normalized spacial score (nSPS) is 24.5. The molecule has 5 nitrogen and oxygen atoms in total. The molecular formula is C19H26N2O3. The van der Waals surface area contributed by atoms with Gasteiger partial charge in [-0.3, -0.25) is 14.6 Å². The smallest absolute Gasteiger partial charge is 0.266 e. The number of fused-ring (bicyclic) bond motifs is 1. The highest BCUT2D eigenvalue weighted by Crippen LogP contribution is 2.31. The molecule has 2 fully saturated rings. The van der Waals surface area contributed by atoms with Crippen LogP contribution in [0.4, 0.5) is 0 Å². The summed E-state index contributed by atoms with van der Waals surface area (Å²) in [5.41, 5.74) is 4.17. The summed E-state index contributed by atoms with van der Waals surface area (Å²) in [5, 5.41) is 1.55. The summed E-state index contributed by atoms with van der Waals surface area (Å²) in [6.07, 6.45) is 1.58. The first-order valence-electron chi connectivity index (χ1n) is 8.81. The average molecular weight is 330 g/mol. The van der Waals surface area contributed by atoms with Crippen molar-refractivity contribution in [3.8, 4) is 0 Å². The van der Waals surface area contributed by atoms with Gasteiger partial charge >= 0.3 is 0 Å². The Hall–Kier alpha value is -1.72. The highest BCUT2D eigenvalue weighted by Gasteiger charge is 2.47. The number of benzene rings is 1. The van der Waals surface area contributed by atoms with Gasteiger partial charge in [-0.2, -0.15) is 0 Å². The van der Waals surface area contributed by atoms with Gasteiger partial charge < -0.3 is 4.74 Å². The summed E-state index contributed by atoms with van der Waals surface area (Å²) in [6.45, 7) is 5.26. The predicted molar refractivity (Wildman–Crippen MR) is 90.8 cm³/mol. The van der Waals surface area contributed by atoms with E-state index in [0.29, 0.717) is 31.9 Å². The summed E-state index contributed by atoms with van der Waals surface area (Å²) in [6, 6.07) is 9.56. The van der Waals surface area contributed by atoms with Crippen LogP contribution in [0.5, 0.6) is 0 Å². The topological polar surface area (TPSA) is 58.6 Å². The van der Waals surface area contributed by atoms with Gasteiger partial charge in [-0.25, -0.2) is 5.43 Å². The Bertz CT molecular complexity index is 588. The molecule has 24 heavy (non-hydrogen) atoms. The first kappa shape index (κ1) is 17.1. The number of carbonyl (C=O) groups excluding carboxylic acids is 2. The first-order valence-corrected chi connectivity index (χ1v) is 8.81. The van der Waals surface area contributed by atoms with E-state index in [1.807, 2.05) is 30.3 Å². The molecule has 1 saturated heterocycles. The maximum absolute atomic E-state index is 13.0. The van der Waals surface area contributed by atoms with Crippen LogP contribution < -0.4 is 5.43 Å². The lowest BCUT2D eigenvalue weighted by Crippen LogP contribution is -2.50. The van der Waals surface area contributed by atoms with Crippen LogP contribution in [0.25, 0.3) is 0 Å². The molecule has 1 aliphatic carbocycles.